The second-order valence-electron chi connectivity index (χ2n) is 5.67. The zero-order valence-electron chi connectivity index (χ0n) is 13.1. The highest BCUT2D eigenvalue weighted by Crippen LogP contribution is 2.20. The van der Waals surface area contributed by atoms with Gasteiger partial charge in [-0.15, -0.1) is 0 Å². The third kappa shape index (κ3) is 4.33. The van der Waals surface area contributed by atoms with Crippen LogP contribution >= 0.6 is 0 Å². The van der Waals surface area contributed by atoms with Crippen molar-refractivity contribution in [1.29, 1.82) is 0 Å². The van der Waals surface area contributed by atoms with Crippen LogP contribution in [0.4, 0.5) is 10.1 Å². The Morgan fingerprint density at radius 2 is 2.05 bits per heavy atom. The van der Waals surface area contributed by atoms with Crippen LogP contribution in [0.5, 0.6) is 0 Å². The molecule has 1 aromatic heterocycles. The van der Waals surface area contributed by atoms with Gasteiger partial charge in [0, 0.05) is 30.9 Å². The first-order valence-electron chi connectivity index (χ1n) is 7.24. The number of hydrogen-bond donors (Lipinski definition) is 1. The SMILES string of the molecule is Cc1oc(CNC(C)C)cc1CN(C)c1cccc(F)c1. The van der Waals surface area contributed by atoms with Crippen molar-refractivity contribution in [2.45, 2.75) is 39.9 Å². The maximum Gasteiger partial charge on any atom is 0.125 e. The predicted octanol–water partition coefficient (Wildman–Crippen LogP) is 3.86. The minimum Gasteiger partial charge on any atom is -0.465 e. The van der Waals surface area contributed by atoms with E-state index < -0.39 is 0 Å². The predicted molar refractivity (Wildman–Crippen MR) is 83.9 cm³/mol. The number of furan rings is 1. The van der Waals surface area contributed by atoms with Gasteiger partial charge in [0.15, 0.2) is 0 Å². The molecule has 0 aliphatic carbocycles. The van der Waals surface area contributed by atoms with Crippen molar-refractivity contribution in [2.24, 2.45) is 0 Å². The Morgan fingerprint density at radius 3 is 2.71 bits per heavy atom. The molecule has 0 bridgehead atoms. The highest BCUT2D eigenvalue weighted by molar-refractivity contribution is 5.46. The number of aryl methyl sites for hydroxylation is 1. The fraction of sp³-hybridized carbons (Fsp3) is 0.412. The number of nitrogens with zero attached hydrogens (tertiary/aromatic N) is 1. The van der Waals surface area contributed by atoms with E-state index in [4.69, 9.17) is 4.42 Å². The van der Waals surface area contributed by atoms with Crippen molar-refractivity contribution < 1.29 is 8.81 Å². The van der Waals surface area contributed by atoms with Gasteiger partial charge in [-0.25, -0.2) is 4.39 Å². The van der Waals surface area contributed by atoms with E-state index in [-0.39, 0.29) is 5.82 Å². The maximum atomic E-state index is 13.3. The second kappa shape index (κ2) is 6.76. The second-order valence-corrected chi connectivity index (χ2v) is 5.67. The number of anilines is 1. The molecule has 2 aromatic rings. The van der Waals surface area contributed by atoms with Gasteiger partial charge in [0.05, 0.1) is 6.54 Å². The molecule has 3 nitrogen and oxygen atoms in total. The van der Waals surface area contributed by atoms with Gasteiger partial charge in [-0.3, -0.25) is 0 Å². The van der Waals surface area contributed by atoms with Crippen LogP contribution in [-0.4, -0.2) is 13.1 Å². The van der Waals surface area contributed by atoms with Crippen molar-refractivity contribution in [3.8, 4) is 0 Å². The van der Waals surface area contributed by atoms with Gasteiger partial charge < -0.3 is 14.6 Å². The smallest absolute Gasteiger partial charge is 0.125 e. The Labute approximate surface area is 125 Å². The molecule has 1 N–H and O–H groups in total. The lowest BCUT2D eigenvalue weighted by molar-refractivity contribution is 0.446. The van der Waals surface area contributed by atoms with E-state index in [1.165, 1.54) is 12.1 Å². The van der Waals surface area contributed by atoms with Crippen LogP contribution < -0.4 is 10.2 Å². The zero-order chi connectivity index (χ0) is 15.4. The first kappa shape index (κ1) is 15.6. The van der Waals surface area contributed by atoms with E-state index in [0.717, 1.165) is 29.3 Å². The van der Waals surface area contributed by atoms with E-state index in [0.29, 0.717) is 12.6 Å². The van der Waals surface area contributed by atoms with Crippen molar-refractivity contribution in [2.75, 3.05) is 11.9 Å². The van der Waals surface area contributed by atoms with Crippen LogP contribution in [0, 0.1) is 12.7 Å². The molecule has 0 saturated carbocycles. The number of hydrogen-bond acceptors (Lipinski definition) is 3. The van der Waals surface area contributed by atoms with Crippen molar-refractivity contribution >= 4 is 5.69 Å². The summed E-state index contributed by atoms with van der Waals surface area (Å²) < 4.78 is 19.0. The summed E-state index contributed by atoms with van der Waals surface area (Å²) in [6.07, 6.45) is 0. The summed E-state index contributed by atoms with van der Waals surface area (Å²) in [5.41, 5.74) is 1.99. The summed E-state index contributed by atoms with van der Waals surface area (Å²) in [6, 6.07) is 9.11. The Hall–Kier alpha value is -1.81. The molecule has 0 fully saturated rings. The lowest BCUT2D eigenvalue weighted by Gasteiger charge is -2.18. The highest BCUT2D eigenvalue weighted by Gasteiger charge is 2.11. The summed E-state index contributed by atoms with van der Waals surface area (Å²) in [6.45, 7) is 7.60. The molecular weight excluding hydrogens is 267 g/mol. The molecule has 0 unspecified atom stereocenters. The maximum absolute atomic E-state index is 13.3. The molecule has 2 rings (SSSR count). The van der Waals surface area contributed by atoms with Gasteiger partial charge in [-0.05, 0) is 31.2 Å². The molecule has 0 amide bonds. The molecule has 21 heavy (non-hydrogen) atoms. The molecule has 0 aliphatic heterocycles. The number of benzene rings is 1. The monoisotopic (exact) mass is 290 g/mol. The number of rotatable bonds is 6. The number of halogens is 1. The van der Waals surface area contributed by atoms with Crippen LogP contribution in [0.15, 0.2) is 34.7 Å². The van der Waals surface area contributed by atoms with Gasteiger partial charge in [0.1, 0.15) is 17.3 Å². The highest BCUT2D eigenvalue weighted by atomic mass is 19.1. The van der Waals surface area contributed by atoms with Crippen LogP contribution in [0.25, 0.3) is 0 Å². The van der Waals surface area contributed by atoms with Gasteiger partial charge in [-0.2, -0.15) is 0 Å². The molecule has 4 heteroatoms. The molecule has 0 aliphatic rings. The topological polar surface area (TPSA) is 28.4 Å². The van der Waals surface area contributed by atoms with Crippen molar-refractivity contribution in [3.63, 3.8) is 0 Å². The summed E-state index contributed by atoms with van der Waals surface area (Å²) in [7, 11) is 1.95. The quantitative estimate of drug-likeness (QED) is 0.875. The third-order valence-electron chi connectivity index (χ3n) is 3.41. The lowest BCUT2D eigenvalue weighted by atomic mass is 10.2. The minimum absolute atomic E-state index is 0.218. The molecule has 0 spiro atoms. The standard InChI is InChI=1S/C17H23FN2O/c1-12(2)19-10-17-8-14(13(3)21-17)11-20(4)16-7-5-6-15(18)9-16/h5-9,12,19H,10-11H2,1-4H3. The fourth-order valence-electron chi connectivity index (χ4n) is 2.20. The summed E-state index contributed by atoms with van der Waals surface area (Å²) in [5.74, 6) is 1.63. The zero-order valence-corrected chi connectivity index (χ0v) is 13.1. The van der Waals surface area contributed by atoms with Crippen LogP contribution in [0.3, 0.4) is 0 Å². The van der Waals surface area contributed by atoms with Crippen molar-refractivity contribution in [1.82, 2.24) is 5.32 Å². The first-order valence-corrected chi connectivity index (χ1v) is 7.24. The summed E-state index contributed by atoms with van der Waals surface area (Å²) in [4.78, 5) is 2.01. The van der Waals surface area contributed by atoms with Gasteiger partial charge >= 0.3 is 0 Å². The molecule has 0 atom stereocenters. The molecule has 0 saturated heterocycles. The van der Waals surface area contributed by atoms with Crippen LogP contribution in [0.1, 0.15) is 30.9 Å². The lowest BCUT2D eigenvalue weighted by Crippen LogP contribution is -2.21. The Kier molecular flexibility index (Phi) is 5.02. The van der Waals surface area contributed by atoms with Crippen LogP contribution in [0.2, 0.25) is 0 Å². The van der Waals surface area contributed by atoms with Gasteiger partial charge in [0.25, 0.3) is 0 Å². The van der Waals surface area contributed by atoms with E-state index in [2.05, 4.69) is 25.2 Å². The Balaban J connectivity index is 2.05. The molecule has 0 radical (unpaired) electrons. The van der Waals surface area contributed by atoms with E-state index in [1.54, 1.807) is 6.07 Å². The van der Waals surface area contributed by atoms with E-state index in [1.807, 2.05) is 24.9 Å². The normalized spacial score (nSPS) is 11.1. The van der Waals surface area contributed by atoms with E-state index >= 15 is 0 Å². The van der Waals surface area contributed by atoms with Crippen LogP contribution in [-0.2, 0) is 13.1 Å². The minimum atomic E-state index is -0.218. The Morgan fingerprint density at radius 1 is 1.29 bits per heavy atom. The average Bonchev–Trinajstić information content (AvgIpc) is 2.77. The largest absolute Gasteiger partial charge is 0.465 e. The van der Waals surface area contributed by atoms with Gasteiger partial charge in [-0.1, -0.05) is 19.9 Å². The molecule has 114 valence electrons. The summed E-state index contributed by atoms with van der Waals surface area (Å²) in [5, 5.41) is 3.34. The number of nitrogens with one attached hydrogen (secondary N) is 1. The van der Waals surface area contributed by atoms with Gasteiger partial charge in [0.2, 0.25) is 0 Å². The summed E-state index contributed by atoms with van der Waals surface area (Å²) >= 11 is 0. The Bertz CT molecular complexity index is 592. The molecule has 1 aromatic carbocycles. The fourth-order valence-corrected chi connectivity index (χ4v) is 2.20. The average molecular weight is 290 g/mol. The first-order chi connectivity index (χ1) is 9.95. The van der Waals surface area contributed by atoms with Crippen molar-refractivity contribution in [3.05, 3.63) is 53.2 Å². The third-order valence-corrected chi connectivity index (χ3v) is 3.41. The van der Waals surface area contributed by atoms with E-state index in [9.17, 15) is 4.39 Å². The molecular formula is C17H23FN2O. The molecule has 1 heterocycles.